The van der Waals surface area contributed by atoms with Crippen LogP contribution in [0.25, 0.3) is 0 Å². The number of carboxylic acid groups (broad SMARTS) is 1. The molecule has 0 radical (unpaired) electrons. The summed E-state index contributed by atoms with van der Waals surface area (Å²) in [4.78, 5) is 26.5. The number of amides is 2. The van der Waals surface area contributed by atoms with Crippen molar-refractivity contribution < 1.29 is 19.4 Å². The van der Waals surface area contributed by atoms with Crippen molar-refractivity contribution in [2.45, 2.75) is 31.8 Å². The molecule has 2 amide bonds. The van der Waals surface area contributed by atoms with Gasteiger partial charge in [-0.3, -0.25) is 9.69 Å². The molecule has 2 heterocycles. The van der Waals surface area contributed by atoms with E-state index < -0.39 is 5.97 Å². The largest absolute Gasteiger partial charge is 0.480 e. The summed E-state index contributed by atoms with van der Waals surface area (Å²) in [5, 5.41) is 11.7. The Bertz CT molecular complexity index is 358. The molecular formula is C14H25N3O4. The molecule has 0 aromatic rings. The Hall–Kier alpha value is -1.34. The Kier molecular flexibility index (Phi) is 6.25. The maximum Gasteiger partial charge on any atom is 0.317 e. The summed E-state index contributed by atoms with van der Waals surface area (Å²) in [6.07, 6.45) is 4.22. The molecule has 2 rings (SSSR count). The van der Waals surface area contributed by atoms with Gasteiger partial charge in [-0.2, -0.15) is 0 Å². The van der Waals surface area contributed by atoms with E-state index in [1.807, 2.05) is 4.90 Å². The second kappa shape index (κ2) is 8.19. The third-order valence-electron chi connectivity index (χ3n) is 3.99. The van der Waals surface area contributed by atoms with Gasteiger partial charge in [0.15, 0.2) is 0 Å². The van der Waals surface area contributed by atoms with Crippen LogP contribution in [0.15, 0.2) is 0 Å². The fourth-order valence-electron chi connectivity index (χ4n) is 2.80. The summed E-state index contributed by atoms with van der Waals surface area (Å²) in [7, 11) is 0. The number of aliphatic carboxylic acids is 1. The summed E-state index contributed by atoms with van der Waals surface area (Å²) in [6, 6.07) is -0.0682. The van der Waals surface area contributed by atoms with Crippen LogP contribution in [0.3, 0.4) is 0 Å². The molecule has 0 bridgehead atoms. The molecule has 0 aromatic heterocycles. The lowest BCUT2D eigenvalue weighted by Gasteiger charge is -2.25. The van der Waals surface area contributed by atoms with Crippen LogP contribution in [0.2, 0.25) is 0 Å². The number of carbonyl (C=O) groups is 2. The lowest BCUT2D eigenvalue weighted by Crippen LogP contribution is -2.45. The highest BCUT2D eigenvalue weighted by atomic mass is 16.5. The minimum Gasteiger partial charge on any atom is -0.480 e. The minimum atomic E-state index is -0.817. The summed E-state index contributed by atoms with van der Waals surface area (Å²) in [6.45, 7) is 3.98. The SMILES string of the molecule is O=C(O)CN1CCCN(C(=O)NCC2CCCCO2)CC1. The van der Waals surface area contributed by atoms with Crippen molar-refractivity contribution in [1.29, 1.82) is 0 Å². The summed E-state index contributed by atoms with van der Waals surface area (Å²) in [5.41, 5.74) is 0. The zero-order valence-electron chi connectivity index (χ0n) is 12.4. The van der Waals surface area contributed by atoms with E-state index in [9.17, 15) is 9.59 Å². The van der Waals surface area contributed by atoms with E-state index in [2.05, 4.69) is 5.32 Å². The minimum absolute atomic E-state index is 0.0470. The third kappa shape index (κ3) is 5.51. The van der Waals surface area contributed by atoms with Crippen LogP contribution in [0, 0.1) is 0 Å². The molecule has 2 aliphatic heterocycles. The van der Waals surface area contributed by atoms with Gasteiger partial charge in [0.25, 0.3) is 0 Å². The Morgan fingerprint density at radius 2 is 2.00 bits per heavy atom. The first-order valence-electron chi connectivity index (χ1n) is 7.73. The lowest BCUT2D eigenvalue weighted by atomic mass is 10.1. The van der Waals surface area contributed by atoms with E-state index in [1.165, 1.54) is 0 Å². The number of ether oxygens (including phenoxy) is 1. The Balaban J connectivity index is 1.70. The topological polar surface area (TPSA) is 82.1 Å². The molecule has 0 spiro atoms. The van der Waals surface area contributed by atoms with Gasteiger partial charge in [0.1, 0.15) is 0 Å². The van der Waals surface area contributed by atoms with E-state index in [0.717, 1.165) is 38.8 Å². The number of hydrogen-bond acceptors (Lipinski definition) is 4. The number of carbonyl (C=O) groups excluding carboxylic acids is 1. The number of carboxylic acids is 1. The lowest BCUT2D eigenvalue weighted by molar-refractivity contribution is -0.138. The van der Waals surface area contributed by atoms with Crippen molar-refractivity contribution in [3.05, 3.63) is 0 Å². The van der Waals surface area contributed by atoms with Gasteiger partial charge in [-0.25, -0.2) is 4.79 Å². The highest BCUT2D eigenvalue weighted by Gasteiger charge is 2.21. The van der Waals surface area contributed by atoms with Crippen molar-refractivity contribution in [2.75, 3.05) is 45.9 Å². The maximum absolute atomic E-state index is 12.1. The van der Waals surface area contributed by atoms with Crippen molar-refractivity contribution in [1.82, 2.24) is 15.1 Å². The van der Waals surface area contributed by atoms with Gasteiger partial charge >= 0.3 is 12.0 Å². The van der Waals surface area contributed by atoms with E-state index in [1.54, 1.807) is 4.90 Å². The van der Waals surface area contributed by atoms with Crippen LogP contribution in [-0.4, -0.2) is 78.9 Å². The third-order valence-corrected chi connectivity index (χ3v) is 3.99. The molecule has 0 aromatic carbocycles. The predicted octanol–water partition coefficient (Wildman–Crippen LogP) is 0.357. The molecule has 7 nitrogen and oxygen atoms in total. The Labute approximate surface area is 125 Å². The smallest absolute Gasteiger partial charge is 0.317 e. The summed E-state index contributed by atoms with van der Waals surface area (Å²) < 4.78 is 5.59. The molecule has 2 fully saturated rings. The second-order valence-electron chi connectivity index (χ2n) is 5.69. The van der Waals surface area contributed by atoms with Crippen molar-refractivity contribution in [3.63, 3.8) is 0 Å². The van der Waals surface area contributed by atoms with Gasteiger partial charge in [-0.05, 0) is 25.7 Å². The van der Waals surface area contributed by atoms with E-state index in [4.69, 9.17) is 9.84 Å². The normalized spacial score (nSPS) is 24.4. The van der Waals surface area contributed by atoms with Crippen LogP contribution in [0.5, 0.6) is 0 Å². The number of nitrogens with one attached hydrogen (secondary N) is 1. The van der Waals surface area contributed by atoms with Gasteiger partial charge in [-0.1, -0.05) is 0 Å². The van der Waals surface area contributed by atoms with Gasteiger partial charge in [0.2, 0.25) is 0 Å². The van der Waals surface area contributed by atoms with Crippen LogP contribution in [-0.2, 0) is 9.53 Å². The predicted molar refractivity (Wildman–Crippen MR) is 77.3 cm³/mol. The molecule has 1 unspecified atom stereocenters. The van der Waals surface area contributed by atoms with E-state index >= 15 is 0 Å². The number of urea groups is 1. The first-order chi connectivity index (χ1) is 10.1. The molecule has 2 saturated heterocycles. The first-order valence-corrected chi connectivity index (χ1v) is 7.73. The molecule has 0 aliphatic carbocycles. The standard InChI is InChI=1S/C14H25N3O4/c18-13(19)11-16-5-3-6-17(8-7-16)14(20)15-10-12-4-1-2-9-21-12/h12H,1-11H2,(H,15,20)(H,18,19). The molecule has 120 valence electrons. The zero-order chi connectivity index (χ0) is 15.1. The molecular weight excluding hydrogens is 274 g/mol. The monoisotopic (exact) mass is 299 g/mol. The maximum atomic E-state index is 12.1. The van der Waals surface area contributed by atoms with Crippen LogP contribution in [0.4, 0.5) is 4.79 Å². The number of rotatable bonds is 4. The van der Waals surface area contributed by atoms with E-state index in [0.29, 0.717) is 26.2 Å². The average molecular weight is 299 g/mol. The summed E-state index contributed by atoms with van der Waals surface area (Å²) >= 11 is 0. The fraction of sp³-hybridized carbons (Fsp3) is 0.857. The molecule has 21 heavy (non-hydrogen) atoms. The highest BCUT2D eigenvalue weighted by Crippen LogP contribution is 2.12. The number of hydrogen-bond donors (Lipinski definition) is 2. The van der Waals surface area contributed by atoms with Crippen molar-refractivity contribution in [2.24, 2.45) is 0 Å². The van der Waals surface area contributed by atoms with Gasteiger partial charge in [-0.15, -0.1) is 0 Å². The molecule has 0 saturated carbocycles. The van der Waals surface area contributed by atoms with E-state index in [-0.39, 0.29) is 18.7 Å². The van der Waals surface area contributed by atoms with Gasteiger partial charge in [0.05, 0.1) is 12.6 Å². The number of nitrogens with zero attached hydrogens (tertiary/aromatic N) is 2. The second-order valence-corrected chi connectivity index (χ2v) is 5.69. The molecule has 7 heteroatoms. The highest BCUT2D eigenvalue weighted by molar-refractivity contribution is 5.74. The van der Waals surface area contributed by atoms with Crippen LogP contribution in [0.1, 0.15) is 25.7 Å². The van der Waals surface area contributed by atoms with Gasteiger partial charge < -0.3 is 20.1 Å². The molecule has 2 aliphatic rings. The van der Waals surface area contributed by atoms with Crippen molar-refractivity contribution in [3.8, 4) is 0 Å². The van der Waals surface area contributed by atoms with Crippen molar-refractivity contribution >= 4 is 12.0 Å². The molecule has 2 N–H and O–H groups in total. The van der Waals surface area contributed by atoms with Crippen LogP contribution < -0.4 is 5.32 Å². The van der Waals surface area contributed by atoms with Crippen LogP contribution >= 0.6 is 0 Å². The summed E-state index contributed by atoms with van der Waals surface area (Å²) in [5.74, 6) is -0.817. The molecule has 1 atom stereocenters. The van der Waals surface area contributed by atoms with Gasteiger partial charge in [0, 0.05) is 39.3 Å². The Morgan fingerprint density at radius 1 is 1.14 bits per heavy atom. The quantitative estimate of drug-likeness (QED) is 0.783. The fourth-order valence-corrected chi connectivity index (χ4v) is 2.80. The first kappa shape index (κ1) is 16.0. The Morgan fingerprint density at radius 3 is 2.71 bits per heavy atom. The zero-order valence-corrected chi connectivity index (χ0v) is 12.4. The average Bonchev–Trinajstić information content (AvgIpc) is 2.71.